The minimum atomic E-state index is -1.74. The summed E-state index contributed by atoms with van der Waals surface area (Å²) in [6.45, 7) is 11.1. The topological polar surface area (TPSA) is 18.5 Å². The second kappa shape index (κ2) is 5.45. The zero-order chi connectivity index (χ0) is 10.5. The Balaban J connectivity index is 4.00. The van der Waals surface area contributed by atoms with Crippen LogP contribution >= 0.6 is 0 Å². The quantitative estimate of drug-likeness (QED) is 0.657. The molecule has 0 amide bonds. The lowest BCUT2D eigenvalue weighted by Crippen LogP contribution is -2.46. The molecule has 0 aromatic rings. The summed E-state index contributed by atoms with van der Waals surface area (Å²) in [5.41, 5.74) is 0. The maximum atomic E-state index is 6.17. The van der Waals surface area contributed by atoms with Gasteiger partial charge in [-0.1, -0.05) is 19.8 Å². The van der Waals surface area contributed by atoms with Gasteiger partial charge in [0.05, 0.1) is 0 Å². The van der Waals surface area contributed by atoms with Gasteiger partial charge in [0.25, 0.3) is 0 Å². The zero-order valence-electron chi connectivity index (χ0n) is 9.94. The third kappa shape index (κ3) is 6.62. The monoisotopic (exact) mass is 236 g/mol. The predicted molar refractivity (Wildman–Crippen MR) is 66.8 cm³/mol. The van der Waals surface area contributed by atoms with Gasteiger partial charge in [0, 0.05) is 0 Å². The average Bonchev–Trinajstić information content (AvgIpc) is 1.99. The molecule has 0 N–H and O–H groups in total. The third-order valence-electron chi connectivity index (χ3n) is 2.15. The van der Waals surface area contributed by atoms with Gasteiger partial charge >= 0.3 is 8.56 Å². The molecule has 0 bridgehead atoms. The summed E-state index contributed by atoms with van der Waals surface area (Å²) in [6, 6.07) is 1.27. The van der Waals surface area contributed by atoms with Crippen molar-refractivity contribution in [2.75, 3.05) is 0 Å². The summed E-state index contributed by atoms with van der Waals surface area (Å²) in [5, 5.41) is 0. The van der Waals surface area contributed by atoms with Crippen molar-refractivity contribution in [3.05, 3.63) is 0 Å². The van der Waals surface area contributed by atoms with Crippen LogP contribution in [0, 0.1) is 0 Å². The van der Waals surface area contributed by atoms with Crippen molar-refractivity contribution in [2.24, 2.45) is 0 Å². The van der Waals surface area contributed by atoms with E-state index in [1.807, 2.05) is 0 Å². The van der Waals surface area contributed by atoms with Crippen LogP contribution in [0.4, 0.5) is 0 Å². The first-order valence-electron chi connectivity index (χ1n) is 5.08. The lowest BCUT2D eigenvalue weighted by atomic mass is 10.4. The maximum Gasteiger partial charge on any atom is 0.310 e. The van der Waals surface area contributed by atoms with Gasteiger partial charge in [-0.15, -0.1) is 0 Å². The molecule has 0 saturated carbocycles. The Bertz CT molecular complexity index is 148. The van der Waals surface area contributed by atoms with Gasteiger partial charge < -0.3 is 8.23 Å². The van der Waals surface area contributed by atoms with Crippen molar-refractivity contribution in [1.29, 1.82) is 0 Å². The van der Waals surface area contributed by atoms with Crippen LogP contribution < -0.4 is 0 Å². The Labute approximate surface area is 87.9 Å². The Morgan fingerprint density at radius 1 is 1.15 bits per heavy atom. The van der Waals surface area contributed by atoms with E-state index in [-0.39, 0.29) is 0 Å². The highest BCUT2D eigenvalue weighted by Crippen LogP contribution is 2.20. The fourth-order valence-electron chi connectivity index (χ4n) is 1.36. The molecular weight excluding hydrogens is 212 g/mol. The molecule has 0 aliphatic carbocycles. The molecule has 0 rings (SSSR count). The Hall–Kier alpha value is 0.571. The smallest absolute Gasteiger partial charge is 0.310 e. The Morgan fingerprint density at radius 3 is 2.08 bits per heavy atom. The van der Waals surface area contributed by atoms with Gasteiger partial charge in [-0.25, -0.2) is 0 Å². The number of rotatable bonds is 6. The number of hydrogen-bond donors (Lipinski definition) is 0. The third-order valence-corrected chi connectivity index (χ3v) is 11.8. The molecule has 0 fully saturated rings. The highest BCUT2D eigenvalue weighted by molar-refractivity contribution is 6.83. The van der Waals surface area contributed by atoms with Crippen molar-refractivity contribution in [1.82, 2.24) is 0 Å². The van der Waals surface area contributed by atoms with E-state index in [2.05, 4.69) is 33.1 Å². The van der Waals surface area contributed by atoms with E-state index < -0.39 is 16.9 Å². The molecule has 0 aromatic carbocycles. The standard InChI is InChI=1S/C8H24O2Si3/c1-6-7-8-12(2,3)10-13(4,5)9-11/h6-8H2,1-5,11H3. The number of unbranched alkanes of at least 4 members (excludes halogenated alkanes) is 1. The summed E-state index contributed by atoms with van der Waals surface area (Å²) in [6.07, 6.45) is 2.56. The maximum absolute atomic E-state index is 6.17. The van der Waals surface area contributed by atoms with Gasteiger partial charge in [-0.2, -0.15) is 0 Å². The molecule has 0 radical (unpaired) electrons. The average molecular weight is 237 g/mol. The van der Waals surface area contributed by atoms with E-state index in [0.29, 0.717) is 0 Å². The highest BCUT2D eigenvalue weighted by Gasteiger charge is 2.32. The van der Waals surface area contributed by atoms with Crippen LogP contribution in [-0.2, 0) is 8.23 Å². The summed E-state index contributed by atoms with van der Waals surface area (Å²) in [5.74, 6) is 0. The molecule has 0 aliphatic heterocycles. The molecule has 0 spiro atoms. The van der Waals surface area contributed by atoms with Crippen LogP contribution in [-0.4, -0.2) is 27.4 Å². The van der Waals surface area contributed by atoms with Crippen molar-refractivity contribution in [3.63, 3.8) is 0 Å². The molecule has 0 saturated heterocycles. The molecule has 13 heavy (non-hydrogen) atoms. The van der Waals surface area contributed by atoms with E-state index in [1.165, 1.54) is 18.9 Å². The fourth-order valence-corrected chi connectivity index (χ4v) is 9.38. The second-order valence-electron chi connectivity index (χ2n) is 4.57. The summed E-state index contributed by atoms with van der Waals surface area (Å²) >= 11 is 0. The normalized spacial score (nSPS) is 13.6. The van der Waals surface area contributed by atoms with Crippen LogP contribution in [0.2, 0.25) is 32.2 Å². The van der Waals surface area contributed by atoms with Gasteiger partial charge in [0.15, 0.2) is 8.32 Å². The van der Waals surface area contributed by atoms with Crippen molar-refractivity contribution >= 4 is 27.4 Å². The fraction of sp³-hybridized carbons (Fsp3) is 1.00. The second-order valence-corrected chi connectivity index (χ2v) is 13.8. The first-order chi connectivity index (χ1) is 5.83. The van der Waals surface area contributed by atoms with E-state index in [1.54, 1.807) is 0 Å². The van der Waals surface area contributed by atoms with E-state index >= 15 is 0 Å². The lowest BCUT2D eigenvalue weighted by molar-refractivity contribution is 0.412. The van der Waals surface area contributed by atoms with Crippen molar-refractivity contribution < 1.29 is 8.23 Å². The van der Waals surface area contributed by atoms with Gasteiger partial charge in [0.2, 0.25) is 0 Å². The zero-order valence-corrected chi connectivity index (χ0v) is 13.9. The summed E-state index contributed by atoms with van der Waals surface area (Å²) in [4.78, 5) is 0. The summed E-state index contributed by atoms with van der Waals surface area (Å²) in [7, 11) is -2.36. The van der Waals surface area contributed by atoms with Crippen molar-refractivity contribution in [3.8, 4) is 0 Å². The van der Waals surface area contributed by atoms with E-state index in [9.17, 15) is 0 Å². The molecule has 0 unspecified atom stereocenters. The Kier molecular flexibility index (Phi) is 5.69. The molecule has 80 valence electrons. The SMILES string of the molecule is CCCC[Si](C)(C)O[Si](C)(C)O[SiH3]. The minimum Gasteiger partial charge on any atom is -0.445 e. The van der Waals surface area contributed by atoms with Crippen LogP contribution in [0.1, 0.15) is 19.8 Å². The molecule has 5 heteroatoms. The molecule has 0 aliphatic rings. The molecule has 2 nitrogen and oxygen atoms in total. The van der Waals surface area contributed by atoms with Crippen LogP contribution in [0.25, 0.3) is 0 Å². The first-order valence-corrected chi connectivity index (χ1v) is 11.8. The van der Waals surface area contributed by atoms with Crippen LogP contribution in [0.5, 0.6) is 0 Å². The van der Waals surface area contributed by atoms with Crippen molar-refractivity contribution in [2.45, 2.75) is 52.0 Å². The van der Waals surface area contributed by atoms with Crippen LogP contribution in [0.15, 0.2) is 0 Å². The van der Waals surface area contributed by atoms with Crippen LogP contribution in [0.3, 0.4) is 0 Å². The molecular formula is C8H24O2Si3. The Morgan fingerprint density at radius 2 is 1.69 bits per heavy atom. The number of hydrogen-bond acceptors (Lipinski definition) is 2. The molecule has 0 heterocycles. The molecule has 0 atom stereocenters. The highest BCUT2D eigenvalue weighted by atomic mass is 28.5. The van der Waals surface area contributed by atoms with E-state index in [0.717, 1.165) is 10.5 Å². The van der Waals surface area contributed by atoms with Gasteiger partial charge in [-0.3, -0.25) is 0 Å². The molecule has 0 aromatic heterocycles. The van der Waals surface area contributed by atoms with E-state index in [4.69, 9.17) is 8.23 Å². The first kappa shape index (κ1) is 13.6. The predicted octanol–water partition coefficient (Wildman–Crippen LogP) is 2.01. The van der Waals surface area contributed by atoms with Gasteiger partial charge in [0.1, 0.15) is 10.5 Å². The lowest BCUT2D eigenvalue weighted by Gasteiger charge is -2.32. The largest absolute Gasteiger partial charge is 0.445 e. The van der Waals surface area contributed by atoms with Gasteiger partial charge in [-0.05, 0) is 32.2 Å². The minimum absolute atomic E-state index is 0.805. The summed E-state index contributed by atoms with van der Waals surface area (Å²) < 4.78 is 11.7.